The van der Waals surface area contributed by atoms with Crippen LogP contribution in [-0.4, -0.2) is 25.5 Å². The van der Waals surface area contributed by atoms with Crippen LogP contribution in [0.15, 0.2) is 42.5 Å². The molecule has 0 spiro atoms. The van der Waals surface area contributed by atoms with Crippen LogP contribution >= 0.6 is 11.6 Å². The van der Waals surface area contributed by atoms with E-state index in [4.69, 9.17) is 16.3 Å². The van der Waals surface area contributed by atoms with Crippen LogP contribution in [0.3, 0.4) is 0 Å². The van der Waals surface area contributed by atoms with Gasteiger partial charge in [0.1, 0.15) is 11.6 Å². The van der Waals surface area contributed by atoms with Gasteiger partial charge in [0.25, 0.3) is 0 Å². The summed E-state index contributed by atoms with van der Waals surface area (Å²) in [5.41, 5.74) is 1.43. The minimum absolute atomic E-state index is 0.0543. The molecule has 1 aliphatic heterocycles. The largest absolute Gasteiger partial charge is 0.497 e. The molecule has 0 aromatic heterocycles. The van der Waals surface area contributed by atoms with E-state index < -0.39 is 11.7 Å². The molecule has 2 aromatic rings. The van der Waals surface area contributed by atoms with Crippen molar-refractivity contribution in [1.29, 1.82) is 0 Å². The van der Waals surface area contributed by atoms with E-state index in [0.29, 0.717) is 5.69 Å². The number of nitrogens with zero attached hydrogens (tertiary/aromatic N) is 1. The monoisotopic (exact) mass is 390 g/mol. The Kier molecular flexibility index (Phi) is 5.65. The summed E-state index contributed by atoms with van der Waals surface area (Å²) in [5, 5.41) is 2.89. The quantitative estimate of drug-likeness (QED) is 0.846. The highest BCUT2D eigenvalue weighted by atomic mass is 35.5. The van der Waals surface area contributed by atoms with Crippen LogP contribution in [0.5, 0.6) is 5.75 Å². The Hall–Kier alpha value is -2.60. The van der Waals surface area contributed by atoms with Crippen LogP contribution in [0.25, 0.3) is 0 Å². The molecule has 7 heteroatoms. The molecule has 27 heavy (non-hydrogen) atoms. The van der Waals surface area contributed by atoms with E-state index >= 15 is 0 Å². The van der Waals surface area contributed by atoms with Crippen LogP contribution < -0.4 is 15.0 Å². The number of rotatable bonds is 5. The number of halogens is 2. The highest BCUT2D eigenvalue weighted by Gasteiger charge is 2.35. The Bertz CT molecular complexity index is 857. The van der Waals surface area contributed by atoms with Crippen LogP contribution in [0.1, 0.15) is 24.9 Å². The van der Waals surface area contributed by atoms with Gasteiger partial charge in [-0.25, -0.2) is 4.39 Å². The Morgan fingerprint density at radius 1 is 1.30 bits per heavy atom. The van der Waals surface area contributed by atoms with Gasteiger partial charge in [-0.1, -0.05) is 23.7 Å². The maximum absolute atomic E-state index is 13.3. The lowest BCUT2D eigenvalue weighted by atomic mass is 10.0. The van der Waals surface area contributed by atoms with Crippen molar-refractivity contribution in [2.75, 3.05) is 18.6 Å². The molecule has 0 bridgehead atoms. The fourth-order valence-corrected chi connectivity index (χ4v) is 3.27. The number of methoxy groups -OCH3 is 1. The van der Waals surface area contributed by atoms with Crippen molar-refractivity contribution in [1.82, 2.24) is 5.32 Å². The van der Waals surface area contributed by atoms with Gasteiger partial charge in [0, 0.05) is 18.7 Å². The summed E-state index contributed by atoms with van der Waals surface area (Å²) in [4.78, 5) is 26.4. The molecule has 1 aliphatic rings. The van der Waals surface area contributed by atoms with E-state index in [9.17, 15) is 14.0 Å². The standard InChI is InChI=1S/C20H20ClFN2O3/c1-12(13-3-6-16(27-2)7-4-13)23-20(26)14-9-19(25)24(11-14)15-5-8-18(22)17(21)10-15/h3-8,10,12,14H,9,11H2,1-2H3,(H,23,26)/t12-,14+/m0/s1. The maximum atomic E-state index is 13.3. The van der Waals surface area contributed by atoms with Crippen LogP contribution in [0.2, 0.25) is 5.02 Å². The van der Waals surface area contributed by atoms with Gasteiger partial charge in [-0.15, -0.1) is 0 Å². The lowest BCUT2D eigenvalue weighted by Gasteiger charge is -2.19. The Labute approximate surface area is 162 Å². The number of hydrogen-bond donors (Lipinski definition) is 1. The molecular formula is C20H20ClFN2O3. The minimum atomic E-state index is -0.547. The van der Waals surface area contributed by atoms with Gasteiger partial charge in [-0.05, 0) is 42.8 Å². The predicted molar refractivity (Wildman–Crippen MR) is 101 cm³/mol. The first-order chi connectivity index (χ1) is 12.9. The van der Waals surface area contributed by atoms with Crippen molar-refractivity contribution < 1.29 is 18.7 Å². The molecule has 2 atom stereocenters. The predicted octanol–water partition coefficient (Wildman–Crippen LogP) is 3.72. The summed E-state index contributed by atoms with van der Waals surface area (Å²) in [7, 11) is 1.59. The molecule has 142 valence electrons. The normalized spacial score (nSPS) is 17.7. The van der Waals surface area contributed by atoms with Crippen molar-refractivity contribution >= 4 is 29.1 Å². The third-order valence-corrected chi connectivity index (χ3v) is 4.97. The molecule has 1 heterocycles. The lowest BCUT2D eigenvalue weighted by Crippen LogP contribution is -2.34. The molecule has 0 unspecified atom stereocenters. The van der Waals surface area contributed by atoms with Crippen LogP contribution in [0, 0.1) is 11.7 Å². The first-order valence-corrected chi connectivity index (χ1v) is 8.96. The van der Waals surface area contributed by atoms with Gasteiger partial charge in [-0.2, -0.15) is 0 Å². The average molecular weight is 391 g/mol. The molecule has 3 rings (SSSR count). The zero-order chi connectivity index (χ0) is 19.6. The van der Waals surface area contributed by atoms with Gasteiger partial charge >= 0.3 is 0 Å². The third kappa shape index (κ3) is 4.22. The smallest absolute Gasteiger partial charge is 0.227 e. The average Bonchev–Trinajstić information content (AvgIpc) is 3.06. The van der Waals surface area contributed by atoms with Gasteiger partial charge < -0.3 is 15.0 Å². The number of amides is 2. The van der Waals surface area contributed by atoms with E-state index in [1.165, 1.54) is 23.1 Å². The fraction of sp³-hybridized carbons (Fsp3) is 0.300. The summed E-state index contributed by atoms with van der Waals surface area (Å²) in [6.07, 6.45) is 0.107. The molecule has 2 amide bonds. The van der Waals surface area contributed by atoms with E-state index in [2.05, 4.69) is 5.32 Å². The highest BCUT2D eigenvalue weighted by Crippen LogP contribution is 2.29. The van der Waals surface area contributed by atoms with Crippen molar-refractivity contribution in [2.45, 2.75) is 19.4 Å². The number of carbonyl (C=O) groups excluding carboxylic acids is 2. The zero-order valence-corrected chi connectivity index (χ0v) is 15.8. The van der Waals surface area contributed by atoms with E-state index in [-0.39, 0.29) is 35.8 Å². The molecule has 0 aliphatic carbocycles. The first-order valence-electron chi connectivity index (χ1n) is 8.58. The first kappa shape index (κ1) is 19.2. The third-order valence-electron chi connectivity index (χ3n) is 4.69. The summed E-state index contributed by atoms with van der Waals surface area (Å²) in [5.74, 6) is -0.652. The number of anilines is 1. The van der Waals surface area contributed by atoms with Gasteiger partial charge in [0.2, 0.25) is 11.8 Å². The van der Waals surface area contributed by atoms with E-state index in [1.54, 1.807) is 7.11 Å². The SMILES string of the molecule is COc1ccc([C@H](C)NC(=O)[C@@H]2CC(=O)N(c3ccc(F)c(Cl)c3)C2)cc1. The number of nitrogens with one attached hydrogen (secondary N) is 1. The zero-order valence-electron chi connectivity index (χ0n) is 15.0. The van der Waals surface area contributed by atoms with Crippen molar-refractivity contribution in [2.24, 2.45) is 5.92 Å². The fourth-order valence-electron chi connectivity index (χ4n) is 3.09. The number of hydrogen-bond acceptors (Lipinski definition) is 3. The molecular weight excluding hydrogens is 371 g/mol. The summed E-state index contributed by atoms with van der Waals surface area (Å²) >= 11 is 5.80. The molecule has 2 aromatic carbocycles. The van der Waals surface area contributed by atoms with Crippen molar-refractivity contribution in [3.8, 4) is 5.75 Å². The lowest BCUT2D eigenvalue weighted by molar-refractivity contribution is -0.126. The summed E-state index contributed by atoms with van der Waals surface area (Å²) in [6.45, 7) is 2.12. The van der Waals surface area contributed by atoms with Gasteiger partial charge in [-0.3, -0.25) is 9.59 Å². The van der Waals surface area contributed by atoms with Crippen molar-refractivity contribution in [3.63, 3.8) is 0 Å². The van der Waals surface area contributed by atoms with Crippen LogP contribution in [-0.2, 0) is 9.59 Å². The molecule has 5 nitrogen and oxygen atoms in total. The minimum Gasteiger partial charge on any atom is -0.497 e. The topological polar surface area (TPSA) is 58.6 Å². The number of carbonyl (C=O) groups is 2. The second-order valence-corrected chi connectivity index (χ2v) is 6.91. The summed E-state index contributed by atoms with van der Waals surface area (Å²) in [6, 6.07) is 11.3. The summed E-state index contributed by atoms with van der Waals surface area (Å²) < 4.78 is 18.5. The second-order valence-electron chi connectivity index (χ2n) is 6.51. The Morgan fingerprint density at radius 2 is 2.00 bits per heavy atom. The number of ether oxygens (including phenoxy) is 1. The second kappa shape index (κ2) is 7.96. The molecule has 1 N–H and O–H groups in total. The van der Waals surface area contributed by atoms with Crippen LogP contribution in [0.4, 0.5) is 10.1 Å². The van der Waals surface area contributed by atoms with E-state index in [0.717, 1.165) is 11.3 Å². The van der Waals surface area contributed by atoms with Crippen molar-refractivity contribution in [3.05, 3.63) is 58.9 Å². The highest BCUT2D eigenvalue weighted by molar-refractivity contribution is 6.31. The Morgan fingerprint density at radius 3 is 2.63 bits per heavy atom. The molecule has 0 radical (unpaired) electrons. The van der Waals surface area contributed by atoms with E-state index in [1.807, 2.05) is 31.2 Å². The van der Waals surface area contributed by atoms with Gasteiger partial charge in [0.15, 0.2) is 0 Å². The molecule has 1 fully saturated rings. The molecule has 0 saturated carbocycles. The Balaban J connectivity index is 1.65. The van der Waals surface area contributed by atoms with Gasteiger partial charge in [0.05, 0.1) is 24.1 Å². The molecule has 1 saturated heterocycles. The maximum Gasteiger partial charge on any atom is 0.227 e. The number of benzene rings is 2.